The molecule has 1 aliphatic carbocycles. The summed E-state index contributed by atoms with van der Waals surface area (Å²) in [5, 5.41) is 7.68. The van der Waals surface area contributed by atoms with E-state index in [9.17, 15) is 4.79 Å². The van der Waals surface area contributed by atoms with Gasteiger partial charge in [0.15, 0.2) is 0 Å². The van der Waals surface area contributed by atoms with E-state index in [4.69, 9.17) is 21.1 Å². The second-order valence-corrected chi connectivity index (χ2v) is 11.3. The summed E-state index contributed by atoms with van der Waals surface area (Å²) in [5.74, 6) is 0.419. The van der Waals surface area contributed by atoms with Gasteiger partial charge in [0, 0.05) is 30.1 Å². The largest absolute Gasteiger partial charge is 0.376 e. The predicted octanol–water partition coefficient (Wildman–Crippen LogP) is 5.86. The smallest absolute Gasteiger partial charge is 0.237 e. The van der Waals surface area contributed by atoms with Crippen LogP contribution >= 0.6 is 11.6 Å². The maximum absolute atomic E-state index is 13.8. The van der Waals surface area contributed by atoms with Gasteiger partial charge in [0.2, 0.25) is 5.91 Å². The molecule has 0 radical (unpaired) electrons. The number of amides is 1. The highest BCUT2D eigenvalue weighted by Gasteiger charge is 2.40. The van der Waals surface area contributed by atoms with E-state index in [-0.39, 0.29) is 29.5 Å². The lowest BCUT2D eigenvalue weighted by molar-refractivity contribution is -0.126. The molecule has 6 heteroatoms. The van der Waals surface area contributed by atoms with E-state index < -0.39 is 0 Å². The summed E-state index contributed by atoms with van der Waals surface area (Å²) in [6.45, 7) is 6.71. The molecule has 1 heterocycles. The molecule has 0 spiro atoms. The van der Waals surface area contributed by atoms with E-state index in [1.54, 1.807) is 0 Å². The molecule has 196 valence electrons. The van der Waals surface area contributed by atoms with Crippen molar-refractivity contribution in [2.24, 2.45) is 5.92 Å². The number of carbonyl (C=O) groups excluding carboxylic acids is 1. The average Bonchev–Trinajstić information content (AvgIpc) is 3.37. The van der Waals surface area contributed by atoms with Crippen molar-refractivity contribution in [3.05, 3.63) is 70.7 Å². The Bertz CT molecular complexity index is 944. The number of benzene rings is 2. The van der Waals surface area contributed by atoms with Crippen LogP contribution in [0.2, 0.25) is 5.02 Å². The van der Waals surface area contributed by atoms with Crippen LogP contribution < -0.4 is 10.6 Å². The standard InChI is InChI=1S/C30H41ClN2O3/c1-30(2)20-24(16-18-36-30)27(23-12-14-25(31)15-13-23)28(29(34)33-26-10-6-7-11-26)32-17-19-35-21-22-8-4-3-5-9-22/h3-5,8-9,12-15,24,26-28,32H,6-7,10-11,16-21H2,1-2H3,(H,33,34). The fourth-order valence-corrected chi connectivity index (χ4v) is 5.93. The van der Waals surface area contributed by atoms with Gasteiger partial charge in [-0.1, -0.05) is 66.9 Å². The summed E-state index contributed by atoms with van der Waals surface area (Å²) >= 11 is 6.24. The average molecular weight is 513 g/mol. The Hall–Kier alpha value is -1.92. The summed E-state index contributed by atoms with van der Waals surface area (Å²) < 4.78 is 12.0. The van der Waals surface area contributed by atoms with E-state index in [2.05, 4.69) is 48.7 Å². The topological polar surface area (TPSA) is 59.6 Å². The minimum atomic E-state index is -0.356. The van der Waals surface area contributed by atoms with E-state index in [1.165, 1.54) is 12.8 Å². The summed E-state index contributed by atoms with van der Waals surface area (Å²) in [5.41, 5.74) is 2.08. The Labute approximate surface area is 221 Å². The number of hydrogen-bond acceptors (Lipinski definition) is 4. The van der Waals surface area contributed by atoms with E-state index >= 15 is 0 Å². The zero-order chi connectivity index (χ0) is 25.4. The molecule has 0 bridgehead atoms. The number of halogens is 1. The van der Waals surface area contributed by atoms with Crippen molar-refractivity contribution in [2.45, 2.75) is 82.6 Å². The fraction of sp³-hybridized carbons (Fsp3) is 0.567. The molecule has 3 unspecified atom stereocenters. The molecule has 1 aliphatic heterocycles. The minimum Gasteiger partial charge on any atom is -0.376 e. The molecule has 2 aromatic rings. The van der Waals surface area contributed by atoms with E-state index in [1.807, 2.05) is 30.3 Å². The summed E-state index contributed by atoms with van der Waals surface area (Å²) in [4.78, 5) is 13.8. The third-order valence-electron chi connectivity index (χ3n) is 7.56. The predicted molar refractivity (Wildman–Crippen MR) is 145 cm³/mol. The Kier molecular flexibility index (Phi) is 9.83. The van der Waals surface area contributed by atoms with Gasteiger partial charge in [0.1, 0.15) is 0 Å². The van der Waals surface area contributed by atoms with Crippen LogP contribution in [0.15, 0.2) is 54.6 Å². The van der Waals surface area contributed by atoms with E-state index in [0.717, 1.165) is 36.8 Å². The molecule has 4 rings (SSSR count). The van der Waals surface area contributed by atoms with Gasteiger partial charge in [0.05, 0.1) is 24.9 Å². The third kappa shape index (κ3) is 7.79. The van der Waals surface area contributed by atoms with Crippen LogP contribution in [0.4, 0.5) is 0 Å². The first-order valence-corrected chi connectivity index (χ1v) is 13.8. The second-order valence-electron chi connectivity index (χ2n) is 10.9. The molecule has 2 fully saturated rings. The lowest BCUT2D eigenvalue weighted by Crippen LogP contribution is -2.53. The van der Waals surface area contributed by atoms with Gasteiger partial charge in [-0.05, 0) is 68.7 Å². The first-order valence-electron chi connectivity index (χ1n) is 13.5. The molecule has 0 aromatic heterocycles. The highest BCUT2D eigenvalue weighted by atomic mass is 35.5. The van der Waals surface area contributed by atoms with Crippen LogP contribution in [0.5, 0.6) is 0 Å². The number of rotatable bonds is 11. The van der Waals surface area contributed by atoms with Gasteiger partial charge in [-0.3, -0.25) is 4.79 Å². The fourth-order valence-electron chi connectivity index (χ4n) is 5.80. The molecule has 1 amide bonds. The van der Waals surface area contributed by atoms with Crippen LogP contribution in [0.25, 0.3) is 0 Å². The quantitative estimate of drug-likeness (QED) is 0.370. The number of ether oxygens (including phenoxy) is 2. The summed E-state index contributed by atoms with van der Waals surface area (Å²) in [6, 6.07) is 18.1. The Morgan fingerprint density at radius 3 is 2.50 bits per heavy atom. The molecular formula is C30H41ClN2O3. The molecular weight excluding hydrogens is 472 g/mol. The van der Waals surface area contributed by atoms with Gasteiger partial charge < -0.3 is 20.1 Å². The molecule has 3 atom stereocenters. The first kappa shape index (κ1) is 27.1. The lowest BCUT2D eigenvalue weighted by Gasteiger charge is -2.42. The van der Waals surface area contributed by atoms with Crippen LogP contribution in [0.3, 0.4) is 0 Å². The first-order chi connectivity index (χ1) is 17.4. The molecule has 2 aromatic carbocycles. The maximum atomic E-state index is 13.8. The van der Waals surface area contributed by atoms with Crippen molar-refractivity contribution < 1.29 is 14.3 Å². The maximum Gasteiger partial charge on any atom is 0.237 e. The molecule has 36 heavy (non-hydrogen) atoms. The molecule has 1 saturated carbocycles. The highest BCUT2D eigenvalue weighted by molar-refractivity contribution is 6.30. The molecule has 2 N–H and O–H groups in total. The van der Waals surface area contributed by atoms with Crippen LogP contribution in [-0.2, 0) is 20.9 Å². The van der Waals surface area contributed by atoms with Crippen molar-refractivity contribution >= 4 is 17.5 Å². The van der Waals surface area contributed by atoms with Crippen molar-refractivity contribution in [2.75, 3.05) is 19.8 Å². The third-order valence-corrected chi connectivity index (χ3v) is 7.82. The number of hydrogen-bond donors (Lipinski definition) is 2. The Morgan fingerprint density at radius 2 is 1.81 bits per heavy atom. The van der Waals surface area contributed by atoms with Crippen molar-refractivity contribution in [3.63, 3.8) is 0 Å². The molecule has 2 aliphatic rings. The molecule has 5 nitrogen and oxygen atoms in total. The zero-order valence-corrected chi connectivity index (χ0v) is 22.4. The molecule has 1 saturated heterocycles. The second kappa shape index (κ2) is 13.0. The zero-order valence-electron chi connectivity index (χ0n) is 21.7. The van der Waals surface area contributed by atoms with Gasteiger partial charge in [-0.15, -0.1) is 0 Å². The van der Waals surface area contributed by atoms with Crippen LogP contribution in [0, 0.1) is 5.92 Å². The monoisotopic (exact) mass is 512 g/mol. The van der Waals surface area contributed by atoms with Crippen LogP contribution in [-0.4, -0.2) is 43.4 Å². The Balaban J connectivity index is 1.51. The summed E-state index contributed by atoms with van der Waals surface area (Å²) in [7, 11) is 0. The van der Waals surface area contributed by atoms with Gasteiger partial charge >= 0.3 is 0 Å². The Morgan fingerprint density at radius 1 is 1.08 bits per heavy atom. The van der Waals surface area contributed by atoms with E-state index in [0.29, 0.717) is 37.3 Å². The highest BCUT2D eigenvalue weighted by Crippen LogP contribution is 2.40. The number of nitrogens with one attached hydrogen (secondary N) is 2. The van der Waals surface area contributed by atoms with Gasteiger partial charge in [-0.25, -0.2) is 0 Å². The van der Waals surface area contributed by atoms with Crippen molar-refractivity contribution in [3.8, 4) is 0 Å². The lowest BCUT2D eigenvalue weighted by atomic mass is 9.73. The minimum absolute atomic E-state index is 0.0148. The SMILES string of the molecule is CC1(C)CC(C(c2ccc(Cl)cc2)C(NCCOCc2ccccc2)C(=O)NC2CCCC2)CCO1. The van der Waals surface area contributed by atoms with Crippen molar-refractivity contribution in [1.29, 1.82) is 0 Å². The van der Waals surface area contributed by atoms with Gasteiger partial charge in [0.25, 0.3) is 0 Å². The normalized spacial score (nSPS) is 21.7. The van der Waals surface area contributed by atoms with Crippen molar-refractivity contribution in [1.82, 2.24) is 10.6 Å². The van der Waals surface area contributed by atoms with Crippen LogP contribution in [0.1, 0.15) is 69.4 Å². The summed E-state index contributed by atoms with van der Waals surface area (Å²) in [6.07, 6.45) is 6.33. The van der Waals surface area contributed by atoms with Gasteiger partial charge in [-0.2, -0.15) is 0 Å². The number of carbonyl (C=O) groups is 1.